The van der Waals surface area contributed by atoms with E-state index in [9.17, 15) is 10.1 Å². The van der Waals surface area contributed by atoms with Gasteiger partial charge in [0.1, 0.15) is 17.2 Å². The van der Waals surface area contributed by atoms with E-state index in [1.54, 1.807) is 37.1 Å². The number of anilines is 1. The van der Waals surface area contributed by atoms with Crippen LogP contribution in [0.2, 0.25) is 0 Å². The average Bonchev–Trinajstić information content (AvgIpc) is 2.93. The summed E-state index contributed by atoms with van der Waals surface area (Å²) in [5.74, 6) is 1.99. The summed E-state index contributed by atoms with van der Waals surface area (Å²) in [4.78, 5) is 11.2. The van der Waals surface area contributed by atoms with Crippen molar-refractivity contribution in [3.63, 3.8) is 0 Å². The molecule has 4 rings (SSSR count). The first-order chi connectivity index (χ1) is 14.2. The van der Waals surface area contributed by atoms with Crippen LogP contribution < -0.4 is 14.8 Å². The van der Waals surface area contributed by atoms with Crippen LogP contribution in [0.5, 0.6) is 11.5 Å². The van der Waals surface area contributed by atoms with Gasteiger partial charge >= 0.3 is 0 Å². The van der Waals surface area contributed by atoms with E-state index in [1.807, 2.05) is 18.2 Å². The van der Waals surface area contributed by atoms with Crippen LogP contribution in [0, 0.1) is 10.1 Å². The van der Waals surface area contributed by atoms with E-state index < -0.39 is 0 Å². The SMILES string of the molecule is COc1cccc(-c2nn(-c3ccccc3[N+](=O)[O-])c3c2CCCCN3)c1OC. The van der Waals surface area contributed by atoms with Gasteiger partial charge in [0.05, 0.1) is 19.1 Å². The van der Waals surface area contributed by atoms with Gasteiger partial charge in [0, 0.05) is 23.7 Å². The second kappa shape index (κ2) is 7.83. The minimum Gasteiger partial charge on any atom is -0.493 e. The molecule has 0 saturated carbocycles. The van der Waals surface area contributed by atoms with E-state index in [1.165, 1.54) is 6.07 Å². The van der Waals surface area contributed by atoms with E-state index in [-0.39, 0.29) is 10.6 Å². The lowest BCUT2D eigenvalue weighted by Crippen LogP contribution is -2.08. The zero-order valence-corrected chi connectivity index (χ0v) is 16.3. The number of nitro benzene ring substituents is 1. The number of nitrogens with one attached hydrogen (secondary N) is 1. The molecule has 2 heterocycles. The number of hydrogen-bond acceptors (Lipinski definition) is 6. The predicted octanol–water partition coefficient (Wildman–Crippen LogP) is 4.21. The molecule has 8 nitrogen and oxygen atoms in total. The van der Waals surface area contributed by atoms with E-state index in [2.05, 4.69) is 5.32 Å². The first-order valence-corrected chi connectivity index (χ1v) is 9.46. The molecule has 1 aliphatic heterocycles. The molecule has 1 aliphatic rings. The van der Waals surface area contributed by atoms with Crippen LogP contribution >= 0.6 is 0 Å². The molecule has 0 unspecified atom stereocenters. The van der Waals surface area contributed by atoms with Crippen LogP contribution in [-0.4, -0.2) is 35.5 Å². The molecule has 0 amide bonds. The predicted molar refractivity (Wildman–Crippen MR) is 110 cm³/mol. The van der Waals surface area contributed by atoms with Gasteiger partial charge in [-0.3, -0.25) is 10.1 Å². The van der Waals surface area contributed by atoms with Crippen LogP contribution in [0.15, 0.2) is 42.5 Å². The molecule has 29 heavy (non-hydrogen) atoms. The number of ether oxygens (including phenoxy) is 2. The fraction of sp³-hybridized carbons (Fsp3) is 0.286. The van der Waals surface area contributed by atoms with E-state index in [0.29, 0.717) is 17.2 Å². The Morgan fingerprint density at radius 3 is 2.69 bits per heavy atom. The summed E-state index contributed by atoms with van der Waals surface area (Å²) in [7, 11) is 3.19. The maximum atomic E-state index is 11.6. The maximum absolute atomic E-state index is 11.6. The fourth-order valence-electron chi connectivity index (χ4n) is 3.76. The molecule has 0 spiro atoms. The molecule has 1 aromatic heterocycles. The van der Waals surface area contributed by atoms with Gasteiger partial charge in [0.15, 0.2) is 11.5 Å². The highest BCUT2D eigenvalue weighted by Gasteiger charge is 2.27. The third-order valence-electron chi connectivity index (χ3n) is 5.09. The molecule has 0 radical (unpaired) electrons. The van der Waals surface area contributed by atoms with Gasteiger partial charge < -0.3 is 14.8 Å². The molecular weight excluding hydrogens is 372 g/mol. The van der Waals surface area contributed by atoms with Crippen molar-refractivity contribution in [2.75, 3.05) is 26.1 Å². The lowest BCUT2D eigenvalue weighted by atomic mass is 10.0. The minimum atomic E-state index is -0.383. The number of para-hydroxylation sites is 3. The van der Waals surface area contributed by atoms with Gasteiger partial charge in [0.25, 0.3) is 5.69 Å². The Labute approximate surface area is 168 Å². The van der Waals surface area contributed by atoms with Gasteiger partial charge in [-0.05, 0) is 37.5 Å². The van der Waals surface area contributed by atoms with Crippen LogP contribution in [0.25, 0.3) is 16.9 Å². The van der Waals surface area contributed by atoms with Gasteiger partial charge in [0.2, 0.25) is 0 Å². The summed E-state index contributed by atoms with van der Waals surface area (Å²) in [6.45, 7) is 0.786. The standard InChI is InChI=1S/C21H22N4O4/c1-28-18-12-7-9-14(20(18)29-2)19-15-8-5-6-13-22-21(15)24(23-19)16-10-3-4-11-17(16)25(26)27/h3-4,7,9-12,22H,5-6,8,13H2,1-2H3. The topological polar surface area (TPSA) is 91.5 Å². The van der Waals surface area contributed by atoms with Crippen molar-refractivity contribution in [1.82, 2.24) is 9.78 Å². The summed E-state index contributed by atoms with van der Waals surface area (Å²) < 4.78 is 12.7. The molecule has 0 fully saturated rings. The van der Waals surface area contributed by atoms with E-state index in [4.69, 9.17) is 14.6 Å². The van der Waals surface area contributed by atoms with Gasteiger partial charge in [-0.2, -0.15) is 5.10 Å². The molecule has 0 aliphatic carbocycles. The van der Waals surface area contributed by atoms with Crippen LogP contribution in [0.3, 0.4) is 0 Å². The molecule has 2 aromatic carbocycles. The number of methoxy groups -OCH3 is 2. The number of nitro groups is 1. The Morgan fingerprint density at radius 1 is 1.10 bits per heavy atom. The Hall–Kier alpha value is -3.55. The lowest BCUT2D eigenvalue weighted by molar-refractivity contribution is -0.384. The molecule has 150 valence electrons. The zero-order valence-electron chi connectivity index (χ0n) is 16.3. The first-order valence-electron chi connectivity index (χ1n) is 9.46. The highest BCUT2D eigenvalue weighted by molar-refractivity contribution is 5.78. The second-order valence-corrected chi connectivity index (χ2v) is 6.76. The number of nitrogens with zero attached hydrogens (tertiary/aromatic N) is 3. The number of fused-ring (bicyclic) bond motifs is 1. The van der Waals surface area contributed by atoms with Gasteiger partial charge in [-0.15, -0.1) is 0 Å². The Bertz CT molecular complexity index is 1060. The summed E-state index contributed by atoms with van der Waals surface area (Å²) in [6.07, 6.45) is 2.83. The average molecular weight is 394 g/mol. The monoisotopic (exact) mass is 394 g/mol. The molecule has 0 atom stereocenters. The summed E-state index contributed by atoms with van der Waals surface area (Å²) >= 11 is 0. The van der Waals surface area contributed by atoms with Gasteiger partial charge in [-0.25, -0.2) is 4.68 Å². The minimum absolute atomic E-state index is 0.00741. The molecule has 1 N–H and O–H groups in total. The highest BCUT2D eigenvalue weighted by atomic mass is 16.6. The maximum Gasteiger partial charge on any atom is 0.294 e. The van der Waals surface area contributed by atoms with Gasteiger partial charge in [-0.1, -0.05) is 18.2 Å². The van der Waals surface area contributed by atoms with Crippen molar-refractivity contribution in [2.24, 2.45) is 0 Å². The molecule has 3 aromatic rings. The molecule has 0 bridgehead atoms. The Kier molecular flexibility index (Phi) is 5.07. The number of rotatable bonds is 5. The molecule has 0 saturated heterocycles. The van der Waals surface area contributed by atoms with Crippen molar-refractivity contribution >= 4 is 11.5 Å². The summed E-state index contributed by atoms with van der Waals surface area (Å²) in [5.41, 5.74) is 2.99. The van der Waals surface area contributed by atoms with Crippen molar-refractivity contribution in [1.29, 1.82) is 0 Å². The summed E-state index contributed by atoms with van der Waals surface area (Å²) in [5, 5.41) is 19.8. The third-order valence-corrected chi connectivity index (χ3v) is 5.09. The third kappa shape index (κ3) is 3.26. The normalized spacial score (nSPS) is 13.2. The quantitative estimate of drug-likeness (QED) is 0.515. The highest BCUT2D eigenvalue weighted by Crippen LogP contribution is 2.42. The van der Waals surface area contributed by atoms with Crippen molar-refractivity contribution < 1.29 is 14.4 Å². The smallest absolute Gasteiger partial charge is 0.294 e. The van der Waals surface area contributed by atoms with E-state index >= 15 is 0 Å². The molecule has 8 heteroatoms. The Balaban J connectivity index is 1.99. The first kappa shape index (κ1) is 18.8. The summed E-state index contributed by atoms with van der Waals surface area (Å²) in [6, 6.07) is 12.3. The number of hydrogen-bond donors (Lipinski definition) is 1. The van der Waals surface area contributed by atoms with E-state index in [0.717, 1.165) is 48.4 Å². The second-order valence-electron chi connectivity index (χ2n) is 6.76. The van der Waals surface area contributed by atoms with Crippen molar-refractivity contribution in [2.45, 2.75) is 19.3 Å². The fourth-order valence-corrected chi connectivity index (χ4v) is 3.76. The Morgan fingerprint density at radius 2 is 1.93 bits per heavy atom. The zero-order chi connectivity index (χ0) is 20.4. The number of benzene rings is 2. The van der Waals surface area contributed by atoms with Crippen LogP contribution in [-0.2, 0) is 6.42 Å². The number of aromatic nitrogens is 2. The van der Waals surface area contributed by atoms with Crippen molar-refractivity contribution in [3.05, 3.63) is 58.1 Å². The van der Waals surface area contributed by atoms with Crippen molar-refractivity contribution in [3.8, 4) is 28.4 Å². The largest absolute Gasteiger partial charge is 0.493 e. The lowest BCUT2D eigenvalue weighted by Gasteiger charge is -2.12. The van der Waals surface area contributed by atoms with Crippen LogP contribution in [0.1, 0.15) is 18.4 Å². The van der Waals surface area contributed by atoms with Crippen LogP contribution in [0.4, 0.5) is 11.5 Å². The molecular formula is C21H22N4O4.